The van der Waals surface area contributed by atoms with Gasteiger partial charge in [-0.25, -0.2) is 9.37 Å². The van der Waals surface area contributed by atoms with E-state index in [1.54, 1.807) is 5.38 Å². The number of nitrogens with two attached hydrogens (primary N) is 1. The molecule has 3 N–H and O–H groups in total. The number of aryl methyl sites for hydroxylation is 1. The Kier molecular flexibility index (Phi) is 3.06. The van der Waals surface area contributed by atoms with Gasteiger partial charge in [0.25, 0.3) is 5.91 Å². The van der Waals surface area contributed by atoms with Gasteiger partial charge >= 0.3 is 0 Å². The Balaban J connectivity index is 2.18. The number of halogens is 1. The van der Waals surface area contributed by atoms with Crippen LogP contribution >= 0.6 is 11.3 Å². The maximum absolute atomic E-state index is 12.8. The van der Waals surface area contributed by atoms with Crippen LogP contribution in [0, 0.1) is 12.7 Å². The molecule has 1 amide bonds. The Morgan fingerprint density at radius 2 is 2.29 bits per heavy atom. The SMILES string of the molecule is Cc1nc(C(=O)Nc2ccc(F)cc2N)cs1. The van der Waals surface area contributed by atoms with Crippen LogP contribution in [0.3, 0.4) is 0 Å². The largest absolute Gasteiger partial charge is 0.397 e. The molecule has 0 aliphatic heterocycles. The third-order valence-electron chi connectivity index (χ3n) is 2.11. The summed E-state index contributed by atoms with van der Waals surface area (Å²) in [5, 5.41) is 5.05. The predicted molar refractivity (Wildman–Crippen MR) is 65.6 cm³/mol. The lowest BCUT2D eigenvalue weighted by atomic mass is 10.2. The van der Waals surface area contributed by atoms with Gasteiger partial charge in [0.05, 0.1) is 16.4 Å². The molecule has 88 valence electrons. The molecule has 0 bridgehead atoms. The van der Waals surface area contributed by atoms with Gasteiger partial charge in [0, 0.05) is 5.38 Å². The van der Waals surface area contributed by atoms with Gasteiger partial charge in [0.15, 0.2) is 0 Å². The molecule has 0 unspecified atom stereocenters. The zero-order chi connectivity index (χ0) is 12.4. The molecule has 0 saturated carbocycles. The third-order valence-corrected chi connectivity index (χ3v) is 2.89. The molecule has 0 spiro atoms. The highest BCUT2D eigenvalue weighted by Crippen LogP contribution is 2.20. The van der Waals surface area contributed by atoms with Gasteiger partial charge in [0.2, 0.25) is 0 Å². The zero-order valence-electron chi connectivity index (χ0n) is 9.03. The molecule has 0 radical (unpaired) electrons. The highest BCUT2D eigenvalue weighted by atomic mass is 32.1. The second-order valence-electron chi connectivity index (χ2n) is 3.44. The molecule has 0 saturated heterocycles. The summed E-state index contributed by atoms with van der Waals surface area (Å²) >= 11 is 1.39. The van der Waals surface area contributed by atoms with Crippen LogP contribution in [0.4, 0.5) is 15.8 Å². The maximum Gasteiger partial charge on any atom is 0.275 e. The fourth-order valence-electron chi connectivity index (χ4n) is 1.30. The highest BCUT2D eigenvalue weighted by Gasteiger charge is 2.11. The van der Waals surface area contributed by atoms with Crippen molar-refractivity contribution in [2.45, 2.75) is 6.92 Å². The van der Waals surface area contributed by atoms with E-state index in [-0.39, 0.29) is 11.6 Å². The van der Waals surface area contributed by atoms with Crippen LogP contribution in [-0.2, 0) is 0 Å². The predicted octanol–water partition coefficient (Wildman–Crippen LogP) is 2.43. The van der Waals surface area contributed by atoms with Gasteiger partial charge in [-0.05, 0) is 25.1 Å². The minimum atomic E-state index is -0.440. The lowest BCUT2D eigenvalue weighted by Gasteiger charge is -2.06. The zero-order valence-corrected chi connectivity index (χ0v) is 9.84. The molecular weight excluding hydrogens is 241 g/mol. The average Bonchev–Trinajstić information content (AvgIpc) is 2.69. The molecule has 1 heterocycles. The fraction of sp³-hybridized carbons (Fsp3) is 0.0909. The first-order chi connectivity index (χ1) is 8.06. The molecule has 1 aromatic carbocycles. The minimum absolute atomic E-state index is 0.185. The molecule has 1 aromatic heterocycles. The minimum Gasteiger partial charge on any atom is -0.397 e. The summed E-state index contributed by atoms with van der Waals surface area (Å²) in [6, 6.07) is 3.81. The van der Waals surface area contributed by atoms with Crippen molar-refractivity contribution in [1.29, 1.82) is 0 Å². The summed E-state index contributed by atoms with van der Waals surface area (Å²) in [6.45, 7) is 1.81. The van der Waals surface area contributed by atoms with Crippen LogP contribution in [0.15, 0.2) is 23.6 Å². The van der Waals surface area contributed by atoms with Gasteiger partial charge in [-0.2, -0.15) is 0 Å². The number of benzene rings is 1. The number of rotatable bonds is 2. The first-order valence-corrected chi connectivity index (χ1v) is 5.73. The summed E-state index contributed by atoms with van der Waals surface area (Å²) in [5.74, 6) is -0.794. The average molecular weight is 251 g/mol. The number of thiazole rings is 1. The topological polar surface area (TPSA) is 68.0 Å². The molecule has 2 rings (SSSR count). The van der Waals surface area contributed by atoms with Crippen molar-refractivity contribution < 1.29 is 9.18 Å². The Hall–Kier alpha value is -1.95. The van der Waals surface area contributed by atoms with Crippen molar-refractivity contribution in [2.75, 3.05) is 11.1 Å². The van der Waals surface area contributed by atoms with Crippen LogP contribution in [0.25, 0.3) is 0 Å². The van der Waals surface area contributed by atoms with Crippen LogP contribution in [0.5, 0.6) is 0 Å². The maximum atomic E-state index is 12.8. The second-order valence-corrected chi connectivity index (χ2v) is 4.50. The van der Waals surface area contributed by atoms with E-state index in [0.29, 0.717) is 11.4 Å². The second kappa shape index (κ2) is 4.50. The van der Waals surface area contributed by atoms with Gasteiger partial charge in [-0.15, -0.1) is 11.3 Å². The van der Waals surface area contributed by atoms with Crippen LogP contribution < -0.4 is 11.1 Å². The van der Waals surface area contributed by atoms with Crippen molar-refractivity contribution >= 4 is 28.6 Å². The van der Waals surface area contributed by atoms with Crippen molar-refractivity contribution in [1.82, 2.24) is 4.98 Å². The van der Waals surface area contributed by atoms with Crippen molar-refractivity contribution in [3.05, 3.63) is 40.1 Å². The fourth-order valence-corrected chi connectivity index (χ4v) is 1.89. The number of hydrogen-bond donors (Lipinski definition) is 2. The molecule has 0 fully saturated rings. The van der Waals surface area contributed by atoms with Crippen LogP contribution in [0.1, 0.15) is 15.5 Å². The van der Waals surface area contributed by atoms with E-state index in [2.05, 4.69) is 10.3 Å². The van der Waals surface area contributed by atoms with E-state index < -0.39 is 5.82 Å². The quantitative estimate of drug-likeness (QED) is 0.805. The van der Waals surface area contributed by atoms with Crippen molar-refractivity contribution in [2.24, 2.45) is 0 Å². The Morgan fingerprint density at radius 1 is 1.53 bits per heavy atom. The molecular formula is C11H10FN3OS. The number of carbonyl (C=O) groups is 1. The smallest absolute Gasteiger partial charge is 0.275 e. The first-order valence-electron chi connectivity index (χ1n) is 4.85. The number of nitrogens with zero attached hydrogens (tertiary/aromatic N) is 1. The van der Waals surface area contributed by atoms with E-state index in [9.17, 15) is 9.18 Å². The number of aromatic nitrogens is 1. The Bertz CT molecular complexity index is 568. The van der Waals surface area contributed by atoms with E-state index in [4.69, 9.17) is 5.73 Å². The van der Waals surface area contributed by atoms with E-state index in [1.165, 1.54) is 23.5 Å². The highest BCUT2D eigenvalue weighted by molar-refractivity contribution is 7.09. The standard InChI is InChI=1S/C11H10FN3OS/c1-6-14-10(5-17-6)11(16)15-9-3-2-7(12)4-8(9)13/h2-5H,13H2,1H3,(H,15,16). The van der Waals surface area contributed by atoms with Gasteiger partial charge in [0.1, 0.15) is 11.5 Å². The molecule has 0 aliphatic carbocycles. The molecule has 4 nitrogen and oxygen atoms in total. The number of nitrogen functional groups attached to an aromatic ring is 1. The number of anilines is 2. The molecule has 0 aliphatic rings. The van der Waals surface area contributed by atoms with Crippen LogP contribution in [0.2, 0.25) is 0 Å². The molecule has 6 heteroatoms. The van der Waals surface area contributed by atoms with Crippen molar-refractivity contribution in [3.63, 3.8) is 0 Å². The molecule has 17 heavy (non-hydrogen) atoms. The van der Waals surface area contributed by atoms with Gasteiger partial charge < -0.3 is 11.1 Å². The summed E-state index contributed by atoms with van der Waals surface area (Å²) < 4.78 is 12.8. The van der Waals surface area contributed by atoms with Gasteiger partial charge in [-0.3, -0.25) is 4.79 Å². The molecule has 0 atom stereocenters. The Labute approximate surface area is 101 Å². The molecule has 2 aromatic rings. The van der Waals surface area contributed by atoms with E-state index >= 15 is 0 Å². The summed E-state index contributed by atoms with van der Waals surface area (Å²) in [6.07, 6.45) is 0. The van der Waals surface area contributed by atoms with Crippen LogP contribution in [-0.4, -0.2) is 10.9 Å². The van der Waals surface area contributed by atoms with Gasteiger partial charge in [-0.1, -0.05) is 0 Å². The van der Waals surface area contributed by atoms with E-state index in [0.717, 1.165) is 11.1 Å². The number of nitrogens with one attached hydrogen (secondary N) is 1. The normalized spacial score (nSPS) is 10.2. The number of hydrogen-bond acceptors (Lipinski definition) is 4. The first kappa shape index (κ1) is 11.5. The number of carbonyl (C=O) groups excluding carboxylic acids is 1. The van der Waals surface area contributed by atoms with E-state index in [1.807, 2.05) is 6.92 Å². The summed E-state index contributed by atoms with van der Waals surface area (Å²) in [4.78, 5) is 15.8. The number of amides is 1. The van der Waals surface area contributed by atoms with Crippen molar-refractivity contribution in [3.8, 4) is 0 Å². The lowest BCUT2D eigenvalue weighted by Crippen LogP contribution is -2.13. The lowest BCUT2D eigenvalue weighted by molar-refractivity contribution is 0.102. The third kappa shape index (κ3) is 2.59. The monoisotopic (exact) mass is 251 g/mol. The summed E-state index contributed by atoms with van der Waals surface area (Å²) in [7, 11) is 0. The summed E-state index contributed by atoms with van der Waals surface area (Å²) in [5.41, 5.74) is 6.47. The Morgan fingerprint density at radius 3 is 2.88 bits per heavy atom.